The van der Waals surface area contributed by atoms with Gasteiger partial charge in [0, 0.05) is 22.9 Å². The molecule has 154 valence electrons. The van der Waals surface area contributed by atoms with Crippen LogP contribution in [0.1, 0.15) is 47.8 Å². The van der Waals surface area contributed by atoms with E-state index in [-0.39, 0.29) is 17.2 Å². The molecule has 1 heterocycles. The standard InChI is InChI=1S/C24H25N3O3/c1-5-22(24(30)25-19-10-8-18(9-11-19)17(4)28)27-23(29)13-12-21(26-27)20-14-15(2)6-7-16(20)3/h6-14,22H,5H2,1-4H3,(H,25,30)/t22-/m0/s1. The van der Waals surface area contributed by atoms with Gasteiger partial charge in [-0.1, -0.05) is 24.6 Å². The molecule has 30 heavy (non-hydrogen) atoms. The molecule has 3 aromatic rings. The third kappa shape index (κ3) is 4.54. The molecule has 0 unspecified atom stereocenters. The molecule has 1 atom stereocenters. The van der Waals surface area contributed by atoms with Crippen molar-refractivity contribution in [3.63, 3.8) is 0 Å². The van der Waals surface area contributed by atoms with Crippen LogP contribution in [0.15, 0.2) is 59.4 Å². The van der Waals surface area contributed by atoms with E-state index >= 15 is 0 Å². The topological polar surface area (TPSA) is 81.1 Å². The van der Waals surface area contributed by atoms with Crippen LogP contribution in [0.25, 0.3) is 11.3 Å². The van der Waals surface area contributed by atoms with Crippen LogP contribution in [0, 0.1) is 13.8 Å². The van der Waals surface area contributed by atoms with Gasteiger partial charge in [0.05, 0.1) is 5.69 Å². The highest BCUT2D eigenvalue weighted by molar-refractivity contribution is 5.96. The second kappa shape index (κ2) is 8.86. The van der Waals surface area contributed by atoms with Gasteiger partial charge in [-0.3, -0.25) is 14.4 Å². The molecule has 0 bridgehead atoms. The van der Waals surface area contributed by atoms with Crippen molar-refractivity contribution in [2.75, 3.05) is 5.32 Å². The zero-order chi connectivity index (χ0) is 21.8. The molecule has 0 fully saturated rings. The predicted molar refractivity (Wildman–Crippen MR) is 118 cm³/mol. The number of rotatable bonds is 6. The van der Waals surface area contributed by atoms with Crippen LogP contribution in [-0.2, 0) is 4.79 Å². The van der Waals surface area contributed by atoms with Crippen molar-refractivity contribution >= 4 is 17.4 Å². The maximum Gasteiger partial charge on any atom is 0.267 e. The van der Waals surface area contributed by atoms with E-state index in [0.717, 1.165) is 16.7 Å². The third-order valence-electron chi connectivity index (χ3n) is 5.04. The fourth-order valence-electron chi connectivity index (χ4n) is 3.29. The van der Waals surface area contributed by atoms with Crippen LogP contribution in [-0.4, -0.2) is 21.5 Å². The number of carbonyl (C=O) groups is 2. The Labute approximate surface area is 175 Å². The Kier molecular flexibility index (Phi) is 6.26. The van der Waals surface area contributed by atoms with Gasteiger partial charge in [0.15, 0.2) is 5.78 Å². The molecule has 3 rings (SSSR count). The van der Waals surface area contributed by atoms with Crippen molar-refractivity contribution in [3.05, 3.63) is 81.6 Å². The van der Waals surface area contributed by atoms with E-state index in [2.05, 4.69) is 10.4 Å². The fourth-order valence-corrected chi connectivity index (χ4v) is 3.29. The summed E-state index contributed by atoms with van der Waals surface area (Å²) >= 11 is 0. The van der Waals surface area contributed by atoms with E-state index < -0.39 is 6.04 Å². The largest absolute Gasteiger partial charge is 0.324 e. The maximum absolute atomic E-state index is 12.9. The molecule has 1 aromatic heterocycles. The monoisotopic (exact) mass is 403 g/mol. The summed E-state index contributed by atoms with van der Waals surface area (Å²) in [5.74, 6) is -0.376. The summed E-state index contributed by atoms with van der Waals surface area (Å²) in [4.78, 5) is 36.8. The van der Waals surface area contributed by atoms with Crippen LogP contribution in [0.2, 0.25) is 0 Å². The maximum atomic E-state index is 12.9. The number of nitrogens with one attached hydrogen (secondary N) is 1. The molecule has 1 amide bonds. The van der Waals surface area contributed by atoms with Crippen molar-refractivity contribution in [3.8, 4) is 11.3 Å². The van der Waals surface area contributed by atoms with Gasteiger partial charge >= 0.3 is 0 Å². The molecule has 0 aliphatic heterocycles. The zero-order valence-corrected chi connectivity index (χ0v) is 17.6. The van der Waals surface area contributed by atoms with Gasteiger partial charge < -0.3 is 5.32 Å². The van der Waals surface area contributed by atoms with Crippen LogP contribution >= 0.6 is 0 Å². The molecule has 0 aliphatic rings. The summed E-state index contributed by atoms with van der Waals surface area (Å²) in [6, 6.07) is 15.1. The zero-order valence-electron chi connectivity index (χ0n) is 17.6. The first-order valence-corrected chi connectivity index (χ1v) is 9.89. The summed E-state index contributed by atoms with van der Waals surface area (Å²) in [5.41, 5.74) is 4.50. The van der Waals surface area contributed by atoms with Crippen molar-refractivity contribution in [2.24, 2.45) is 0 Å². The number of ketones is 1. The minimum Gasteiger partial charge on any atom is -0.324 e. The highest BCUT2D eigenvalue weighted by atomic mass is 16.2. The number of aromatic nitrogens is 2. The molecular weight excluding hydrogens is 378 g/mol. The fraction of sp³-hybridized carbons (Fsp3) is 0.250. The number of hydrogen-bond acceptors (Lipinski definition) is 4. The van der Waals surface area contributed by atoms with Gasteiger partial charge in [-0.2, -0.15) is 5.10 Å². The summed E-state index contributed by atoms with van der Waals surface area (Å²) < 4.78 is 1.25. The predicted octanol–water partition coefficient (Wildman–Crippen LogP) is 4.32. The summed E-state index contributed by atoms with van der Waals surface area (Å²) in [6.07, 6.45) is 0.403. The minimum atomic E-state index is -0.755. The minimum absolute atomic E-state index is 0.0432. The molecule has 0 aliphatic carbocycles. The van der Waals surface area contributed by atoms with Gasteiger partial charge in [-0.25, -0.2) is 4.68 Å². The van der Waals surface area contributed by atoms with Gasteiger partial charge in [0.25, 0.3) is 5.56 Å². The Morgan fingerprint density at radius 1 is 1.03 bits per heavy atom. The van der Waals surface area contributed by atoms with Crippen molar-refractivity contribution in [1.29, 1.82) is 0 Å². The molecule has 6 nitrogen and oxygen atoms in total. The Bertz CT molecular complexity index is 1150. The average molecular weight is 403 g/mol. The smallest absolute Gasteiger partial charge is 0.267 e. The van der Waals surface area contributed by atoms with Crippen LogP contribution < -0.4 is 10.9 Å². The van der Waals surface area contributed by atoms with Crippen molar-refractivity contribution in [1.82, 2.24) is 9.78 Å². The number of aryl methyl sites for hydroxylation is 2. The molecule has 0 spiro atoms. The molecule has 1 N–H and O–H groups in total. The number of nitrogens with zero attached hydrogens (tertiary/aromatic N) is 2. The highest BCUT2D eigenvalue weighted by Crippen LogP contribution is 2.23. The molecule has 0 radical (unpaired) electrons. The average Bonchev–Trinajstić information content (AvgIpc) is 2.72. The number of benzene rings is 2. The summed E-state index contributed by atoms with van der Waals surface area (Å²) in [7, 11) is 0. The SMILES string of the molecule is CC[C@@H](C(=O)Nc1ccc(C(C)=O)cc1)n1nc(-c2cc(C)ccc2C)ccc1=O. The number of anilines is 1. The second-order valence-electron chi connectivity index (χ2n) is 7.37. The van der Waals surface area contributed by atoms with E-state index in [1.165, 1.54) is 17.7 Å². The quantitative estimate of drug-likeness (QED) is 0.622. The second-order valence-corrected chi connectivity index (χ2v) is 7.37. The first-order chi connectivity index (χ1) is 14.3. The Balaban J connectivity index is 1.92. The first kappa shape index (κ1) is 21.2. The van der Waals surface area contributed by atoms with E-state index in [1.807, 2.05) is 39.0 Å². The molecular formula is C24H25N3O3. The van der Waals surface area contributed by atoms with Gasteiger partial charge in [-0.15, -0.1) is 0 Å². The molecule has 0 saturated heterocycles. The summed E-state index contributed by atoms with van der Waals surface area (Å²) in [5, 5.41) is 7.33. The number of carbonyl (C=O) groups excluding carboxylic acids is 2. The van der Waals surface area contributed by atoms with E-state index in [4.69, 9.17) is 0 Å². The van der Waals surface area contributed by atoms with Crippen LogP contribution in [0.3, 0.4) is 0 Å². The lowest BCUT2D eigenvalue weighted by Crippen LogP contribution is -2.34. The lowest BCUT2D eigenvalue weighted by Gasteiger charge is -2.18. The van der Waals surface area contributed by atoms with Crippen LogP contribution in [0.4, 0.5) is 5.69 Å². The number of hydrogen-bond donors (Lipinski definition) is 1. The Morgan fingerprint density at radius 2 is 1.73 bits per heavy atom. The molecule has 0 saturated carbocycles. The van der Waals surface area contributed by atoms with Crippen molar-refractivity contribution < 1.29 is 9.59 Å². The highest BCUT2D eigenvalue weighted by Gasteiger charge is 2.22. The van der Waals surface area contributed by atoms with E-state index in [9.17, 15) is 14.4 Å². The number of amides is 1. The van der Waals surface area contributed by atoms with Crippen LogP contribution in [0.5, 0.6) is 0 Å². The van der Waals surface area contributed by atoms with E-state index in [0.29, 0.717) is 23.4 Å². The van der Waals surface area contributed by atoms with Crippen molar-refractivity contribution in [2.45, 2.75) is 40.2 Å². The lowest BCUT2D eigenvalue weighted by molar-refractivity contribution is -0.119. The molecule has 2 aromatic carbocycles. The summed E-state index contributed by atoms with van der Waals surface area (Å²) in [6.45, 7) is 7.31. The number of Topliss-reactive ketones (excluding diaryl/α,β-unsaturated/α-hetero) is 1. The normalized spacial score (nSPS) is 11.7. The third-order valence-corrected chi connectivity index (χ3v) is 5.04. The first-order valence-electron chi connectivity index (χ1n) is 9.89. The van der Waals surface area contributed by atoms with Gasteiger partial charge in [0.1, 0.15) is 6.04 Å². The van der Waals surface area contributed by atoms with E-state index in [1.54, 1.807) is 30.3 Å². The van der Waals surface area contributed by atoms with Gasteiger partial charge in [0.2, 0.25) is 5.91 Å². The lowest BCUT2D eigenvalue weighted by atomic mass is 10.0. The Morgan fingerprint density at radius 3 is 2.37 bits per heavy atom. The molecule has 6 heteroatoms. The Hall–Kier alpha value is -3.54. The van der Waals surface area contributed by atoms with Gasteiger partial charge in [-0.05, 0) is 69.2 Å².